The van der Waals surface area contributed by atoms with Gasteiger partial charge in [0.2, 0.25) is 0 Å². The number of ether oxygens (including phenoxy) is 6. The van der Waals surface area contributed by atoms with Gasteiger partial charge in [0.05, 0.1) is 6.61 Å². The summed E-state index contributed by atoms with van der Waals surface area (Å²) in [7, 11) is 0. The summed E-state index contributed by atoms with van der Waals surface area (Å²) in [6.07, 6.45) is 2.74. The molecule has 0 N–H and O–H groups in total. The summed E-state index contributed by atoms with van der Waals surface area (Å²) in [4.78, 5) is 35.7. The van der Waals surface area contributed by atoms with E-state index in [1.165, 1.54) is 0 Å². The molecule has 0 atom stereocenters. The van der Waals surface area contributed by atoms with E-state index >= 15 is 0 Å². The van der Waals surface area contributed by atoms with Crippen LogP contribution in [0.25, 0.3) is 0 Å². The highest BCUT2D eigenvalue weighted by atomic mass is 16.6. The monoisotopic (exact) mass is 610 g/mol. The van der Waals surface area contributed by atoms with Gasteiger partial charge in [-0.15, -0.1) is 0 Å². The molecular weight excluding hydrogens is 564 g/mol. The van der Waals surface area contributed by atoms with E-state index in [2.05, 4.69) is 27.0 Å². The van der Waals surface area contributed by atoms with Gasteiger partial charge in [0, 0.05) is 29.6 Å². The Bertz CT molecular complexity index is 1140. The van der Waals surface area contributed by atoms with Crippen molar-refractivity contribution < 1.29 is 42.8 Å². The highest BCUT2D eigenvalue weighted by Gasteiger charge is 2.30. The van der Waals surface area contributed by atoms with Gasteiger partial charge < -0.3 is 28.4 Å². The second-order valence-corrected chi connectivity index (χ2v) is 10.6. The molecule has 0 aromatic heterocycles. The molecule has 0 radical (unpaired) electrons. The van der Waals surface area contributed by atoms with Crippen LogP contribution < -0.4 is 9.47 Å². The molecule has 240 valence electrons. The maximum absolute atomic E-state index is 12.6. The lowest BCUT2D eigenvalue weighted by Gasteiger charge is -2.31. The lowest BCUT2D eigenvalue weighted by molar-refractivity contribution is -0.145. The van der Waals surface area contributed by atoms with Crippen LogP contribution in [0, 0.1) is 0 Å². The molecule has 9 nitrogen and oxygen atoms in total. The first kappa shape index (κ1) is 36.1. The molecule has 0 aliphatic carbocycles. The highest BCUT2D eigenvalue weighted by Crippen LogP contribution is 2.38. The molecule has 0 fully saturated rings. The topological polar surface area (TPSA) is 107 Å². The zero-order valence-corrected chi connectivity index (χ0v) is 26.5. The molecule has 0 spiro atoms. The highest BCUT2D eigenvalue weighted by molar-refractivity contribution is 5.87. The molecule has 44 heavy (non-hydrogen) atoms. The van der Waals surface area contributed by atoms with Crippen molar-refractivity contribution in [3.05, 3.63) is 84.0 Å². The SMILES string of the molecule is C=C(C)C(=O)OCCOc1ccc(C(C)(CCC(=O)OCCOCCCC)c2ccc(OCCOC(=O)C(=C)C)cc2)cc1. The quantitative estimate of drug-likeness (QED) is 0.0714. The van der Waals surface area contributed by atoms with Gasteiger partial charge in [-0.3, -0.25) is 4.79 Å². The molecular formula is C35H46O9. The Balaban J connectivity index is 2.08. The van der Waals surface area contributed by atoms with Crippen LogP contribution in [0.4, 0.5) is 0 Å². The molecule has 0 heterocycles. The van der Waals surface area contributed by atoms with E-state index in [0.29, 0.717) is 42.3 Å². The van der Waals surface area contributed by atoms with E-state index in [4.69, 9.17) is 28.4 Å². The lowest BCUT2D eigenvalue weighted by atomic mass is 9.73. The molecule has 0 unspecified atom stereocenters. The van der Waals surface area contributed by atoms with Crippen LogP contribution in [0.3, 0.4) is 0 Å². The molecule has 0 aliphatic heterocycles. The van der Waals surface area contributed by atoms with Crippen LogP contribution in [-0.2, 0) is 38.7 Å². The smallest absolute Gasteiger partial charge is 0.333 e. The van der Waals surface area contributed by atoms with E-state index in [0.717, 1.165) is 24.0 Å². The summed E-state index contributed by atoms with van der Waals surface area (Å²) in [6, 6.07) is 15.2. The standard InChI is InChI=1S/C35H46O9/c1-7-8-19-39-20-21-42-32(36)17-18-35(6,28-9-13-30(14-10-28)40-22-24-43-33(37)26(2)3)29-11-15-31(16-12-29)41-23-25-44-34(38)27(4)5/h9-16H,2,4,7-8,17-25H2,1,3,5-6H3. The summed E-state index contributed by atoms with van der Waals surface area (Å²) >= 11 is 0. The van der Waals surface area contributed by atoms with Crippen LogP contribution in [0.15, 0.2) is 72.8 Å². The number of carbonyl (C=O) groups is 3. The zero-order chi connectivity index (χ0) is 32.4. The minimum absolute atomic E-state index is 0.113. The average molecular weight is 611 g/mol. The van der Waals surface area contributed by atoms with Crippen molar-refractivity contribution in [2.45, 2.75) is 58.8 Å². The number of esters is 3. The maximum atomic E-state index is 12.6. The molecule has 0 bridgehead atoms. The molecule has 2 aromatic carbocycles. The molecule has 0 saturated carbocycles. The zero-order valence-electron chi connectivity index (χ0n) is 26.5. The molecule has 2 rings (SSSR count). The molecule has 2 aromatic rings. The second-order valence-electron chi connectivity index (χ2n) is 10.6. The summed E-state index contributed by atoms with van der Waals surface area (Å²) in [5.74, 6) is 0.0562. The fourth-order valence-corrected chi connectivity index (χ4v) is 4.11. The van der Waals surface area contributed by atoms with Crippen molar-refractivity contribution in [3.8, 4) is 11.5 Å². The Morgan fingerprint density at radius 3 is 1.55 bits per heavy atom. The Morgan fingerprint density at radius 2 is 1.11 bits per heavy atom. The van der Waals surface area contributed by atoms with Crippen molar-refractivity contribution in [1.29, 1.82) is 0 Å². The van der Waals surface area contributed by atoms with E-state index in [9.17, 15) is 14.4 Å². The lowest BCUT2D eigenvalue weighted by Crippen LogP contribution is -2.25. The molecule has 0 aliphatic rings. The summed E-state index contributed by atoms with van der Waals surface area (Å²) < 4.78 is 32.5. The first-order chi connectivity index (χ1) is 21.1. The molecule has 9 heteroatoms. The van der Waals surface area contributed by atoms with Gasteiger partial charge >= 0.3 is 17.9 Å². The van der Waals surface area contributed by atoms with Gasteiger partial charge in [0.25, 0.3) is 0 Å². The van der Waals surface area contributed by atoms with Crippen LogP contribution in [0.1, 0.15) is 64.5 Å². The molecule has 0 saturated heterocycles. The number of benzene rings is 2. The van der Waals surface area contributed by atoms with Gasteiger partial charge in [-0.25, -0.2) is 9.59 Å². The van der Waals surface area contributed by atoms with Crippen molar-refractivity contribution in [1.82, 2.24) is 0 Å². The number of unbranched alkanes of at least 4 members (excludes halogenated alkanes) is 1. The first-order valence-corrected chi connectivity index (χ1v) is 14.9. The molecule has 0 amide bonds. The fraction of sp³-hybridized carbons (Fsp3) is 0.457. The van der Waals surface area contributed by atoms with Gasteiger partial charge in [0.15, 0.2) is 0 Å². The van der Waals surface area contributed by atoms with Gasteiger partial charge in [-0.1, -0.05) is 57.7 Å². The Kier molecular flexibility index (Phi) is 15.8. The Labute approximate surface area is 261 Å². The van der Waals surface area contributed by atoms with E-state index in [-0.39, 0.29) is 45.4 Å². The van der Waals surface area contributed by atoms with Crippen LogP contribution in [-0.4, -0.2) is 64.2 Å². The van der Waals surface area contributed by atoms with Crippen LogP contribution in [0.2, 0.25) is 0 Å². The number of rotatable bonds is 21. The number of hydrogen-bond donors (Lipinski definition) is 0. The first-order valence-electron chi connectivity index (χ1n) is 14.9. The van der Waals surface area contributed by atoms with Crippen molar-refractivity contribution in [2.24, 2.45) is 0 Å². The normalized spacial score (nSPS) is 10.9. The Hall–Kier alpha value is -4.11. The van der Waals surface area contributed by atoms with E-state index in [1.54, 1.807) is 13.8 Å². The largest absolute Gasteiger partial charge is 0.490 e. The van der Waals surface area contributed by atoms with Gasteiger partial charge in [-0.05, 0) is 62.1 Å². The number of carbonyl (C=O) groups excluding carboxylic acids is 3. The van der Waals surface area contributed by atoms with Crippen molar-refractivity contribution >= 4 is 17.9 Å². The second kappa shape index (κ2) is 19.2. The van der Waals surface area contributed by atoms with Gasteiger partial charge in [-0.2, -0.15) is 0 Å². The van der Waals surface area contributed by atoms with E-state index < -0.39 is 17.4 Å². The van der Waals surface area contributed by atoms with Crippen LogP contribution in [0.5, 0.6) is 11.5 Å². The summed E-state index contributed by atoms with van der Waals surface area (Å²) in [6.45, 7) is 16.4. The minimum Gasteiger partial charge on any atom is -0.490 e. The number of hydrogen-bond acceptors (Lipinski definition) is 9. The third-order valence-corrected chi connectivity index (χ3v) is 6.81. The van der Waals surface area contributed by atoms with Gasteiger partial charge in [0.1, 0.15) is 44.5 Å². The van der Waals surface area contributed by atoms with E-state index in [1.807, 2.05) is 48.5 Å². The summed E-state index contributed by atoms with van der Waals surface area (Å²) in [5, 5.41) is 0. The predicted octanol–water partition coefficient (Wildman–Crippen LogP) is 6.13. The predicted molar refractivity (Wildman–Crippen MR) is 168 cm³/mol. The Morgan fingerprint density at radius 1 is 0.659 bits per heavy atom. The fourth-order valence-electron chi connectivity index (χ4n) is 4.11. The summed E-state index contributed by atoms with van der Waals surface area (Å²) in [5.41, 5.74) is 2.09. The van der Waals surface area contributed by atoms with Crippen molar-refractivity contribution in [2.75, 3.05) is 46.2 Å². The third kappa shape index (κ3) is 12.6. The average Bonchev–Trinajstić information content (AvgIpc) is 3.02. The maximum Gasteiger partial charge on any atom is 0.333 e. The van der Waals surface area contributed by atoms with Crippen LogP contribution >= 0.6 is 0 Å². The van der Waals surface area contributed by atoms with Crippen molar-refractivity contribution in [3.63, 3.8) is 0 Å². The minimum atomic E-state index is -0.540. The third-order valence-electron chi connectivity index (χ3n) is 6.81.